The lowest BCUT2D eigenvalue weighted by molar-refractivity contribution is -0.135. The summed E-state index contributed by atoms with van der Waals surface area (Å²) >= 11 is 0. The van der Waals surface area contributed by atoms with Crippen LogP contribution in [0.2, 0.25) is 0 Å². The highest BCUT2D eigenvalue weighted by molar-refractivity contribution is 7.91. The Hall–Kier alpha value is -2.42. The van der Waals surface area contributed by atoms with Crippen LogP contribution >= 0.6 is 0 Å². The summed E-state index contributed by atoms with van der Waals surface area (Å²) in [4.78, 5) is 38.8. The van der Waals surface area contributed by atoms with Crippen LogP contribution in [0.3, 0.4) is 0 Å². The Balaban J connectivity index is 1.50. The van der Waals surface area contributed by atoms with E-state index in [1.54, 1.807) is 6.92 Å². The van der Waals surface area contributed by atoms with Gasteiger partial charge in [0.1, 0.15) is 12.1 Å². The van der Waals surface area contributed by atoms with Crippen molar-refractivity contribution in [3.05, 3.63) is 35.4 Å². The molecular formula is C18H21N3O5S. The predicted octanol–water partition coefficient (Wildman–Crippen LogP) is 0.0733. The maximum absolute atomic E-state index is 13.0. The van der Waals surface area contributed by atoms with Crippen molar-refractivity contribution in [3.8, 4) is 0 Å². The maximum Gasteiger partial charge on any atom is 0.325 e. The number of benzene rings is 1. The highest BCUT2D eigenvalue weighted by Gasteiger charge is 2.55. The van der Waals surface area contributed by atoms with Crippen LogP contribution in [0.4, 0.5) is 4.79 Å². The molecule has 0 aromatic heterocycles. The molecule has 2 atom stereocenters. The Morgan fingerprint density at radius 2 is 2.00 bits per heavy atom. The summed E-state index contributed by atoms with van der Waals surface area (Å²) in [5.41, 5.74) is -0.178. The second kappa shape index (κ2) is 5.79. The van der Waals surface area contributed by atoms with Gasteiger partial charge in [-0.1, -0.05) is 24.3 Å². The van der Waals surface area contributed by atoms with Crippen molar-refractivity contribution in [2.24, 2.45) is 0 Å². The Labute approximate surface area is 157 Å². The molecule has 2 aliphatic heterocycles. The van der Waals surface area contributed by atoms with Gasteiger partial charge in [0.15, 0.2) is 9.84 Å². The summed E-state index contributed by atoms with van der Waals surface area (Å²) in [5.74, 6) is -1.09. The molecule has 9 heteroatoms. The van der Waals surface area contributed by atoms with Crippen molar-refractivity contribution >= 4 is 27.7 Å². The van der Waals surface area contributed by atoms with Crippen LogP contribution in [0.1, 0.15) is 30.9 Å². The average Bonchev–Trinajstić information content (AvgIpc) is 3.17. The van der Waals surface area contributed by atoms with Crippen molar-refractivity contribution in [2.45, 2.75) is 37.3 Å². The summed E-state index contributed by atoms with van der Waals surface area (Å²) in [6.45, 7) is 1.24. The minimum atomic E-state index is -3.17. The number of carbonyl (C=O) groups is 3. The minimum Gasteiger partial charge on any atom is -0.348 e. The number of rotatable bonds is 3. The van der Waals surface area contributed by atoms with Crippen molar-refractivity contribution in [1.82, 2.24) is 15.5 Å². The third kappa shape index (κ3) is 2.90. The zero-order valence-electron chi connectivity index (χ0n) is 14.9. The van der Waals surface area contributed by atoms with Crippen molar-refractivity contribution in [2.75, 3.05) is 18.1 Å². The molecule has 4 rings (SSSR count). The third-order valence-electron chi connectivity index (χ3n) is 5.67. The lowest BCUT2D eigenvalue weighted by Gasteiger charge is -2.25. The number of hydrogen-bond acceptors (Lipinski definition) is 5. The van der Waals surface area contributed by atoms with E-state index in [0.717, 1.165) is 16.0 Å². The minimum absolute atomic E-state index is 0.0206. The van der Waals surface area contributed by atoms with Gasteiger partial charge in [-0.2, -0.15) is 0 Å². The van der Waals surface area contributed by atoms with E-state index in [9.17, 15) is 22.8 Å². The number of aryl methyl sites for hydroxylation is 1. The summed E-state index contributed by atoms with van der Waals surface area (Å²) in [7, 11) is -3.17. The van der Waals surface area contributed by atoms with Crippen LogP contribution in [0.25, 0.3) is 0 Å². The number of hydrogen-bond donors (Lipinski definition) is 2. The first kappa shape index (κ1) is 18.0. The van der Waals surface area contributed by atoms with Gasteiger partial charge in [0.05, 0.1) is 17.0 Å². The number of fused-ring (bicyclic) bond motifs is 2. The average molecular weight is 391 g/mol. The number of amides is 4. The van der Waals surface area contributed by atoms with E-state index in [4.69, 9.17) is 0 Å². The summed E-state index contributed by atoms with van der Waals surface area (Å²) < 4.78 is 23.4. The Kier molecular flexibility index (Phi) is 3.85. The van der Waals surface area contributed by atoms with E-state index >= 15 is 0 Å². The molecule has 2 fully saturated rings. The second-order valence-corrected chi connectivity index (χ2v) is 10.0. The van der Waals surface area contributed by atoms with E-state index in [0.29, 0.717) is 19.3 Å². The second-order valence-electron chi connectivity index (χ2n) is 7.83. The van der Waals surface area contributed by atoms with Crippen LogP contribution in [0.15, 0.2) is 24.3 Å². The molecule has 0 radical (unpaired) electrons. The molecule has 2 N–H and O–H groups in total. The van der Waals surface area contributed by atoms with Gasteiger partial charge in [-0.05, 0) is 37.3 Å². The van der Waals surface area contributed by atoms with Gasteiger partial charge in [0, 0.05) is 0 Å². The maximum atomic E-state index is 13.0. The monoisotopic (exact) mass is 391 g/mol. The van der Waals surface area contributed by atoms with Crippen LogP contribution in [-0.4, -0.2) is 54.8 Å². The number of nitrogens with one attached hydrogen (secondary N) is 2. The first-order valence-corrected chi connectivity index (χ1v) is 10.7. The number of imide groups is 1. The molecule has 3 aliphatic rings. The van der Waals surface area contributed by atoms with Crippen molar-refractivity contribution in [3.63, 3.8) is 0 Å². The number of sulfone groups is 1. The molecule has 1 spiro atoms. The molecule has 1 aromatic carbocycles. The Morgan fingerprint density at radius 1 is 1.26 bits per heavy atom. The van der Waals surface area contributed by atoms with Crippen LogP contribution in [-0.2, 0) is 31.4 Å². The van der Waals surface area contributed by atoms with E-state index in [1.807, 2.05) is 24.3 Å². The van der Waals surface area contributed by atoms with Crippen LogP contribution < -0.4 is 10.6 Å². The first-order chi connectivity index (χ1) is 12.6. The fraction of sp³-hybridized carbons (Fsp3) is 0.500. The lowest BCUT2D eigenvalue weighted by atomic mass is 9.92. The van der Waals surface area contributed by atoms with Crippen molar-refractivity contribution < 1.29 is 22.8 Å². The molecule has 1 aromatic rings. The largest absolute Gasteiger partial charge is 0.348 e. The van der Waals surface area contributed by atoms with Gasteiger partial charge in [-0.3, -0.25) is 14.5 Å². The topological polar surface area (TPSA) is 113 Å². The fourth-order valence-electron chi connectivity index (χ4n) is 4.36. The van der Waals surface area contributed by atoms with Gasteiger partial charge >= 0.3 is 6.03 Å². The molecule has 0 unspecified atom stereocenters. The molecule has 2 heterocycles. The lowest BCUT2D eigenvalue weighted by Crippen LogP contribution is -2.51. The molecule has 27 heavy (non-hydrogen) atoms. The number of carbonyl (C=O) groups excluding carboxylic acids is 3. The Morgan fingerprint density at radius 3 is 2.70 bits per heavy atom. The van der Waals surface area contributed by atoms with Gasteiger partial charge in [0.25, 0.3) is 5.91 Å². The smallest absolute Gasteiger partial charge is 0.325 e. The quantitative estimate of drug-likeness (QED) is 0.708. The summed E-state index contributed by atoms with van der Waals surface area (Å²) in [6, 6.07) is 6.87. The zero-order chi connectivity index (χ0) is 19.4. The number of nitrogens with zero attached hydrogens (tertiary/aromatic N) is 1. The van der Waals surface area contributed by atoms with Crippen LogP contribution in [0, 0.1) is 0 Å². The molecule has 2 saturated heterocycles. The highest BCUT2D eigenvalue weighted by atomic mass is 32.2. The predicted molar refractivity (Wildman–Crippen MR) is 96.5 cm³/mol. The zero-order valence-corrected chi connectivity index (χ0v) is 15.8. The third-order valence-corrected chi connectivity index (χ3v) is 7.57. The standard InChI is InChI=1S/C18H21N3O5S/c1-17(8-9-27(25,26)11-17)19-14(22)10-21-15(23)18(20-16(21)24)7-6-12-4-2-3-5-13(12)18/h2-5H,6-11H2,1H3,(H,19,22)(H,20,24)/t17-,18-/m0/s1. The van der Waals surface area contributed by atoms with E-state index in [-0.39, 0.29) is 11.5 Å². The van der Waals surface area contributed by atoms with Gasteiger partial charge in [-0.25, -0.2) is 13.2 Å². The normalized spacial score (nSPS) is 31.2. The summed E-state index contributed by atoms with van der Waals surface area (Å²) in [6.07, 6.45) is 1.46. The highest BCUT2D eigenvalue weighted by Crippen LogP contribution is 2.41. The molecule has 144 valence electrons. The first-order valence-electron chi connectivity index (χ1n) is 8.88. The van der Waals surface area contributed by atoms with Crippen molar-refractivity contribution in [1.29, 1.82) is 0 Å². The van der Waals surface area contributed by atoms with Gasteiger partial charge in [0.2, 0.25) is 5.91 Å². The molecule has 4 amide bonds. The van der Waals surface area contributed by atoms with E-state index < -0.39 is 45.3 Å². The molecule has 1 aliphatic carbocycles. The Bertz CT molecular complexity index is 959. The SMILES string of the molecule is C[C@]1(NC(=O)CN2C(=O)N[C@]3(CCc4ccccc43)C2=O)CCS(=O)(=O)C1. The summed E-state index contributed by atoms with van der Waals surface area (Å²) in [5, 5.41) is 5.45. The molecular weight excluding hydrogens is 370 g/mol. The molecule has 0 bridgehead atoms. The molecule has 0 saturated carbocycles. The van der Waals surface area contributed by atoms with E-state index in [1.165, 1.54) is 0 Å². The molecule has 8 nitrogen and oxygen atoms in total. The van der Waals surface area contributed by atoms with E-state index in [2.05, 4.69) is 10.6 Å². The van der Waals surface area contributed by atoms with Crippen LogP contribution in [0.5, 0.6) is 0 Å². The van der Waals surface area contributed by atoms with Gasteiger partial charge in [-0.15, -0.1) is 0 Å². The van der Waals surface area contributed by atoms with Gasteiger partial charge < -0.3 is 10.6 Å². The number of urea groups is 1. The fourth-order valence-corrected chi connectivity index (χ4v) is 6.46.